The van der Waals surface area contributed by atoms with Gasteiger partial charge in [0.15, 0.2) is 5.16 Å². The molecule has 2 heterocycles. The summed E-state index contributed by atoms with van der Waals surface area (Å²) in [5, 5.41) is 2.05. The predicted octanol–water partition coefficient (Wildman–Crippen LogP) is 5.18. The van der Waals surface area contributed by atoms with Gasteiger partial charge in [0.1, 0.15) is 5.82 Å². The Morgan fingerprint density at radius 1 is 0.939 bits per heavy atom. The fourth-order valence-corrected chi connectivity index (χ4v) is 4.86. The van der Waals surface area contributed by atoms with E-state index < -0.39 is 0 Å². The molecule has 5 rings (SSSR count). The van der Waals surface area contributed by atoms with Crippen molar-refractivity contribution in [3.8, 4) is 5.69 Å². The van der Waals surface area contributed by atoms with E-state index in [4.69, 9.17) is 16.6 Å². The SMILES string of the molecule is Cc1ccccc1-n1c(SCc2nc3c(C)cccc3c(=O)[nH]2)nc2cc(Cl)ccc2c1=O. The van der Waals surface area contributed by atoms with Crippen molar-refractivity contribution in [2.24, 2.45) is 0 Å². The molecule has 2 aromatic heterocycles. The van der Waals surface area contributed by atoms with Crippen molar-refractivity contribution in [3.05, 3.63) is 103 Å². The monoisotopic (exact) mass is 474 g/mol. The van der Waals surface area contributed by atoms with Crippen molar-refractivity contribution in [3.63, 3.8) is 0 Å². The molecular formula is C25H19ClN4O2S. The van der Waals surface area contributed by atoms with Crippen molar-refractivity contribution in [2.75, 3.05) is 0 Å². The molecule has 0 spiro atoms. The highest BCUT2D eigenvalue weighted by Crippen LogP contribution is 2.26. The van der Waals surface area contributed by atoms with Crippen molar-refractivity contribution < 1.29 is 0 Å². The van der Waals surface area contributed by atoms with Crippen LogP contribution in [0.1, 0.15) is 17.0 Å². The van der Waals surface area contributed by atoms with Crippen molar-refractivity contribution in [2.45, 2.75) is 24.8 Å². The van der Waals surface area contributed by atoms with Gasteiger partial charge >= 0.3 is 0 Å². The van der Waals surface area contributed by atoms with Gasteiger partial charge in [-0.25, -0.2) is 9.97 Å². The molecule has 0 fully saturated rings. The van der Waals surface area contributed by atoms with Crippen LogP contribution in [-0.4, -0.2) is 19.5 Å². The summed E-state index contributed by atoms with van der Waals surface area (Å²) in [6, 6.07) is 18.3. The number of H-pyrrole nitrogens is 1. The zero-order valence-corrected chi connectivity index (χ0v) is 19.5. The van der Waals surface area contributed by atoms with E-state index in [1.807, 2.05) is 50.2 Å². The van der Waals surface area contributed by atoms with Crippen LogP contribution >= 0.6 is 23.4 Å². The van der Waals surface area contributed by atoms with Crippen molar-refractivity contribution in [1.82, 2.24) is 19.5 Å². The van der Waals surface area contributed by atoms with E-state index in [9.17, 15) is 9.59 Å². The van der Waals surface area contributed by atoms with E-state index in [-0.39, 0.29) is 11.1 Å². The van der Waals surface area contributed by atoms with Gasteiger partial charge in [-0.1, -0.05) is 53.7 Å². The minimum atomic E-state index is -0.186. The van der Waals surface area contributed by atoms with Crippen LogP contribution in [-0.2, 0) is 5.75 Å². The molecule has 0 saturated heterocycles. The molecule has 33 heavy (non-hydrogen) atoms. The molecule has 0 aliphatic heterocycles. The molecule has 0 amide bonds. The van der Waals surface area contributed by atoms with Crippen molar-refractivity contribution in [1.29, 1.82) is 0 Å². The topological polar surface area (TPSA) is 80.6 Å². The van der Waals surface area contributed by atoms with Gasteiger partial charge in [0.2, 0.25) is 0 Å². The van der Waals surface area contributed by atoms with E-state index in [0.29, 0.717) is 43.6 Å². The lowest BCUT2D eigenvalue weighted by Crippen LogP contribution is -2.22. The zero-order chi connectivity index (χ0) is 23.1. The third-order valence-corrected chi connectivity index (χ3v) is 6.67. The number of aromatic amines is 1. The van der Waals surface area contributed by atoms with Crippen LogP contribution in [0.25, 0.3) is 27.5 Å². The molecule has 6 nitrogen and oxygen atoms in total. The second-order valence-electron chi connectivity index (χ2n) is 7.76. The highest BCUT2D eigenvalue weighted by Gasteiger charge is 2.16. The summed E-state index contributed by atoms with van der Waals surface area (Å²) in [6.45, 7) is 3.88. The van der Waals surface area contributed by atoms with Crippen LogP contribution < -0.4 is 11.1 Å². The number of fused-ring (bicyclic) bond motifs is 2. The Balaban J connectivity index is 1.65. The second kappa shape index (κ2) is 8.50. The number of benzene rings is 3. The van der Waals surface area contributed by atoms with E-state index in [1.54, 1.807) is 28.8 Å². The number of nitrogens with zero attached hydrogens (tertiary/aromatic N) is 3. The van der Waals surface area contributed by atoms with Gasteiger partial charge in [0, 0.05) is 5.02 Å². The summed E-state index contributed by atoms with van der Waals surface area (Å²) in [5.74, 6) is 0.854. The Morgan fingerprint density at radius 2 is 1.73 bits per heavy atom. The second-order valence-corrected chi connectivity index (χ2v) is 9.13. The highest BCUT2D eigenvalue weighted by molar-refractivity contribution is 7.98. The molecule has 0 radical (unpaired) electrons. The highest BCUT2D eigenvalue weighted by atomic mass is 35.5. The summed E-state index contributed by atoms with van der Waals surface area (Å²) in [4.78, 5) is 38.3. The number of hydrogen-bond acceptors (Lipinski definition) is 5. The van der Waals surface area contributed by atoms with Gasteiger partial charge in [0.25, 0.3) is 11.1 Å². The third-order valence-electron chi connectivity index (χ3n) is 5.48. The fraction of sp³-hybridized carbons (Fsp3) is 0.120. The Hall–Kier alpha value is -3.42. The number of halogens is 1. The lowest BCUT2D eigenvalue weighted by atomic mass is 10.1. The lowest BCUT2D eigenvalue weighted by molar-refractivity contribution is 0.813. The van der Waals surface area contributed by atoms with Crippen LogP contribution in [0.5, 0.6) is 0 Å². The summed E-state index contributed by atoms with van der Waals surface area (Å²) in [6.07, 6.45) is 0. The fourth-order valence-electron chi connectivity index (χ4n) is 3.82. The van der Waals surface area contributed by atoms with Gasteiger partial charge in [-0.05, 0) is 55.3 Å². The van der Waals surface area contributed by atoms with E-state index in [1.165, 1.54) is 11.8 Å². The Bertz CT molecular complexity index is 1660. The number of aromatic nitrogens is 4. The normalized spacial score (nSPS) is 11.4. The van der Waals surface area contributed by atoms with Crippen LogP contribution in [0.3, 0.4) is 0 Å². The molecule has 3 aromatic carbocycles. The molecule has 0 bridgehead atoms. The first-order valence-corrected chi connectivity index (χ1v) is 11.7. The molecule has 0 saturated carbocycles. The van der Waals surface area contributed by atoms with Crippen LogP contribution in [0.4, 0.5) is 0 Å². The third kappa shape index (κ3) is 3.94. The number of nitrogens with one attached hydrogen (secondary N) is 1. The molecule has 1 N–H and O–H groups in total. The lowest BCUT2D eigenvalue weighted by Gasteiger charge is -2.15. The van der Waals surface area contributed by atoms with Crippen LogP contribution in [0.15, 0.2) is 75.4 Å². The zero-order valence-electron chi connectivity index (χ0n) is 17.9. The summed E-state index contributed by atoms with van der Waals surface area (Å²) >= 11 is 7.50. The van der Waals surface area contributed by atoms with Gasteiger partial charge in [-0.15, -0.1) is 0 Å². The van der Waals surface area contributed by atoms with E-state index in [0.717, 1.165) is 16.8 Å². The van der Waals surface area contributed by atoms with Gasteiger partial charge in [-0.3, -0.25) is 14.2 Å². The molecule has 0 unspecified atom stereocenters. The maximum absolute atomic E-state index is 13.5. The first-order valence-electron chi connectivity index (χ1n) is 10.3. The Morgan fingerprint density at radius 3 is 2.55 bits per heavy atom. The number of aryl methyl sites for hydroxylation is 2. The summed E-state index contributed by atoms with van der Waals surface area (Å²) < 4.78 is 1.61. The summed E-state index contributed by atoms with van der Waals surface area (Å²) in [7, 11) is 0. The molecule has 0 atom stereocenters. The summed E-state index contributed by atoms with van der Waals surface area (Å²) in [5.41, 5.74) is 3.47. The van der Waals surface area contributed by atoms with Crippen LogP contribution in [0.2, 0.25) is 5.02 Å². The average Bonchev–Trinajstić information content (AvgIpc) is 2.79. The standard InChI is InChI=1S/C25H19ClN4O2S/c1-14-6-3-4-9-20(14)30-24(32)17-11-10-16(26)12-19(17)27-25(30)33-13-21-28-22-15(2)7-5-8-18(22)23(31)29-21/h3-12H,13H2,1-2H3,(H,28,29,31). The van der Waals surface area contributed by atoms with Crippen molar-refractivity contribution >= 4 is 45.2 Å². The Labute approximate surface area is 198 Å². The smallest absolute Gasteiger partial charge is 0.266 e. The molecular weight excluding hydrogens is 456 g/mol. The molecule has 5 aromatic rings. The molecule has 164 valence electrons. The minimum Gasteiger partial charge on any atom is -0.309 e. The van der Waals surface area contributed by atoms with Gasteiger partial charge < -0.3 is 4.98 Å². The van der Waals surface area contributed by atoms with Gasteiger partial charge in [0.05, 0.1) is 33.2 Å². The maximum Gasteiger partial charge on any atom is 0.266 e. The van der Waals surface area contributed by atoms with Crippen LogP contribution in [0, 0.1) is 13.8 Å². The van der Waals surface area contributed by atoms with E-state index >= 15 is 0 Å². The number of hydrogen-bond donors (Lipinski definition) is 1. The van der Waals surface area contributed by atoms with Gasteiger partial charge in [-0.2, -0.15) is 0 Å². The number of thioether (sulfide) groups is 1. The predicted molar refractivity (Wildman–Crippen MR) is 134 cm³/mol. The maximum atomic E-state index is 13.5. The average molecular weight is 475 g/mol. The number of para-hydroxylation sites is 2. The van der Waals surface area contributed by atoms with E-state index in [2.05, 4.69) is 9.97 Å². The first kappa shape index (κ1) is 21.4. The molecule has 0 aliphatic rings. The Kier molecular flexibility index (Phi) is 5.52. The molecule has 0 aliphatic carbocycles. The largest absolute Gasteiger partial charge is 0.309 e. The number of rotatable bonds is 4. The first-order chi connectivity index (χ1) is 15.9. The minimum absolute atomic E-state index is 0.177. The molecule has 8 heteroatoms. The quantitative estimate of drug-likeness (QED) is 0.286.